The van der Waals surface area contributed by atoms with Gasteiger partial charge in [-0.2, -0.15) is 0 Å². The van der Waals surface area contributed by atoms with Crippen LogP contribution in [-0.4, -0.2) is 23.0 Å². The summed E-state index contributed by atoms with van der Waals surface area (Å²) in [5, 5.41) is 10.1. The fraction of sp³-hybridized carbons (Fsp3) is 0.333. The van der Waals surface area contributed by atoms with Gasteiger partial charge in [0.25, 0.3) is 0 Å². The molecule has 0 aromatic heterocycles. The van der Waals surface area contributed by atoms with Gasteiger partial charge in [-0.25, -0.2) is 4.90 Å². The van der Waals surface area contributed by atoms with Crippen molar-refractivity contribution in [2.75, 3.05) is 4.90 Å². The predicted octanol–water partition coefficient (Wildman–Crippen LogP) is 1.50. The number of benzene rings is 1. The van der Waals surface area contributed by atoms with Gasteiger partial charge in [0.05, 0.1) is 23.6 Å². The largest absolute Gasteiger partial charge is 0.388 e. The maximum absolute atomic E-state index is 12.4. The van der Waals surface area contributed by atoms with Crippen molar-refractivity contribution in [3.05, 3.63) is 42.0 Å². The van der Waals surface area contributed by atoms with E-state index in [-0.39, 0.29) is 11.8 Å². The zero-order valence-electron chi connectivity index (χ0n) is 10.6. The summed E-state index contributed by atoms with van der Waals surface area (Å²) >= 11 is 0. The van der Waals surface area contributed by atoms with Gasteiger partial charge in [0, 0.05) is 0 Å². The molecule has 0 spiro atoms. The second-order valence-corrected chi connectivity index (χ2v) is 5.11. The molecule has 1 heterocycles. The maximum Gasteiger partial charge on any atom is 0.240 e. The van der Waals surface area contributed by atoms with Crippen LogP contribution in [0.25, 0.3) is 0 Å². The van der Waals surface area contributed by atoms with Crippen molar-refractivity contribution in [2.45, 2.75) is 19.4 Å². The number of carbonyl (C=O) groups is 2. The number of amides is 2. The molecule has 4 heteroatoms. The van der Waals surface area contributed by atoms with Gasteiger partial charge in [-0.3, -0.25) is 9.59 Å². The van der Waals surface area contributed by atoms with E-state index in [0.717, 1.165) is 5.57 Å². The highest BCUT2D eigenvalue weighted by atomic mass is 16.3. The van der Waals surface area contributed by atoms with Gasteiger partial charge in [0.15, 0.2) is 0 Å². The molecule has 1 aliphatic carbocycles. The quantitative estimate of drug-likeness (QED) is 0.612. The van der Waals surface area contributed by atoms with E-state index in [0.29, 0.717) is 12.1 Å². The molecule has 1 saturated heterocycles. The Labute approximate surface area is 111 Å². The number of hydrogen-bond donors (Lipinski definition) is 1. The predicted molar refractivity (Wildman–Crippen MR) is 70.3 cm³/mol. The summed E-state index contributed by atoms with van der Waals surface area (Å²) in [7, 11) is 0. The smallest absolute Gasteiger partial charge is 0.240 e. The van der Waals surface area contributed by atoms with E-state index in [1.807, 2.05) is 12.1 Å². The molecule has 3 atom stereocenters. The number of anilines is 1. The Morgan fingerprint density at radius 1 is 1.16 bits per heavy atom. The van der Waals surface area contributed by atoms with E-state index in [9.17, 15) is 14.7 Å². The lowest BCUT2D eigenvalue weighted by atomic mass is 9.79. The fourth-order valence-electron chi connectivity index (χ4n) is 2.90. The van der Waals surface area contributed by atoms with Crippen LogP contribution >= 0.6 is 0 Å². The molecule has 1 aromatic carbocycles. The highest BCUT2D eigenvalue weighted by Crippen LogP contribution is 2.39. The van der Waals surface area contributed by atoms with Gasteiger partial charge in [-0.1, -0.05) is 24.3 Å². The zero-order chi connectivity index (χ0) is 13.6. The van der Waals surface area contributed by atoms with Crippen molar-refractivity contribution >= 4 is 17.5 Å². The van der Waals surface area contributed by atoms with Crippen molar-refractivity contribution in [2.24, 2.45) is 11.8 Å². The molecule has 4 nitrogen and oxygen atoms in total. The molecule has 98 valence electrons. The van der Waals surface area contributed by atoms with Crippen LogP contribution in [-0.2, 0) is 9.59 Å². The normalized spacial score (nSPS) is 30.3. The van der Waals surface area contributed by atoms with Gasteiger partial charge < -0.3 is 5.11 Å². The van der Waals surface area contributed by atoms with Crippen LogP contribution in [0.3, 0.4) is 0 Å². The number of aliphatic hydroxyl groups is 1. The number of nitrogens with zero attached hydrogens (tertiary/aromatic N) is 1. The Balaban J connectivity index is 2.00. The summed E-state index contributed by atoms with van der Waals surface area (Å²) < 4.78 is 0. The number of allylic oxidation sites excluding steroid dienone is 1. The molecule has 1 aromatic rings. The second-order valence-electron chi connectivity index (χ2n) is 5.11. The highest BCUT2D eigenvalue weighted by Gasteiger charge is 2.52. The number of fused-ring (bicyclic) bond motifs is 1. The Bertz CT molecular complexity index is 564. The summed E-state index contributed by atoms with van der Waals surface area (Å²) in [6.45, 7) is 1.80. The molecule has 19 heavy (non-hydrogen) atoms. The molecule has 2 amide bonds. The number of hydrogen-bond acceptors (Lipinski definition) is 3. The Hall–Kier alpha value is -1.94. The minimum absolute atomic E-state index is 0.205. The molecule has 0 saturated carbocycles. The van der Waals surface area contributed by atoms with Gasteiger partial charge in [0.1, 0.15) is 0 Å². The van der Waals surface area contributed by atoms with Crippen molar-refractivity contribution in [3.63, 3.8) is 0 Å². The first kappa shape index (κ1) is 12.1. The van der Waals surface area contributed by atoms with Crippen molar-refractivity contribution in [3.8, 4) is 0 Å². The lowest BCUT2D eigenvalue weighted by molar-refractivity contribution is -0.123. The van der Waals surface area contributed by atoms with Crippen LogP contribution in [0.1, 0.15) is 13.3 Å². The van der Waals surface area contributed by atoms with E-state index in [1.54, 1.807) is 31.2 Å². The molecule has 1 fully saturated rings. The van der Waals surface area contributed by atoms with Crippen LogP contribution in [0.15, 0.2) is 42.0 Å². The average Bonchev–Trinajstić information content (AvgIpc) is 2.67. The number of rotatable bonds is 1. The Morgan fingerprint density at radius 3 is 2.53 bits per heavy atom. The molecule has 3 rings (SSSR count). The molecule has 1 aliphatic heterocycles. The summed E-state index contributed by atoms with van der Waals surface area (Å²) in [6, 6.07) is 8.89. The minimum atomic E-state index is -0.844. The van der Waals surface area contributed by atoms with Gasteiger partial charge in [-0.05, 0) is 31.1 Å². The second kappa shape index (κ2) is 4.31. The first-order valence-electron chi connectivity index (χ1n) is 6.39. The van der Waals surface area contributed by atoms with E-state index in [2.05, 4.69) is 0 Å². The standard InChI is InChI=1S/C15H15NO3/c1-9-7-8-11-12(13(9)17)15(19)16(14(11)18)10-5-3-2-4-6-10/h2-7,11-13,17H,8H2,1H3. The number of imide groups is 1. The Kier molecular flexibility index (Phi) is 2.75. The van der Waals surface area contributed by atoms with Crippen molar-refractivity contribution < 1.29 is 14.7 Å². The average molecular weight is 257 g/mol. The first-order valence-corrected chi connectivity index (χ1v) is 6.39. The van der Waals surface area contributed by atoms with Gasteiger partial charge in [0.2, 0.25) is 11.8 Å². The third kappa shape index (κ3) is 1.71. The van der Waals surface area contributed by atoms with E-state index in [4.69, 9.17) is 0 Å². The number of aliphatic hydroxyl groups excluding tert-OH is 1. The van der Waals surface area contributed by atoms with E-state index < -0.39 is 17.9 Å². The van der Waals surface area contributed by atoms with Gasteiger partial charge in [-0.15, -0.1) is 0 Å². The maximum atomic E-state index is 12.4. The summed E-state index contributed by atoms with van der Waals surface area (Å²) in [5.41, 5.74) is 1.36. The van der Waals surface area contributed by atoms with Crippen LogP contribution < -0.4 is 4.90 Å². The first-order chi connectivity index (χ1) is 9.11. The zero-order valence-corrected chi connectivity index (χ0v) is 10.6. The molecular weight excluding hydrogens is 242 g/mol. The topological polar surface area (TPSA) is 57.6 Å². The van der Waals surface area contributed by atoms with E-state index >= 15 is 0 Å². The van der Waals surface area contributed by atoms with Crippen LogP contribution in [0, 0.1) is 11.8 Å². The van der Waals surface area contributed by atoms with Crippen LogP contribution in [0.4, 0.5) is 5.69 Å². The van der Waals surface area contributed by atoms with Gasteiger partial charge >= 0.3 is 0 Å². The number of carbonyl (C=O) groups excluding carboxylic acids is 2. The molecule has 1 N–H and O–H groups in total. The number of para-hydroxylation sites is 1. The highest BCUT2D eigenvalue weighted by molar-refractivity contribution is 6.22. The molecule has 0 radical (unpaired) electrons. The summed E-state index contributed by atoms with van der Waals surface area (Å²) in [5.74, 6) is -1.55. The summed E-state index contributed by atoms with van der Waals surface area (Å²) in [6.07, 6.45) is 1.54. The monoisotopic (exact) mass is 257 g/mol. The third-order valence-electron chi connectivity index (χ3n) is 3.99. The Morgan fingerprint density at radius 2 is 1.84 bits per heavy atom. The fourth-order valence-corrected chi connectivity index (χ4v) is 2.90. The van der Waals surface area contributed by atoms with Crippen LogP contribution in [0.2, 0.25) is 0 Å². The lowest BCUT2D eigenvalue weighted by Gasteiger charge is -2.25. The molecule has 2 aliphatic rings. The van der Waals surface area contributed by atoms with Crippen molar-refractivity contribution in [1.82, 2.24) is 0 Å². The third-order valence-corrected chi connectivity index (χ3v) is 3.99. The van der Waals surface area contributed by atoms with Crippen molar-refractivity contribution in [1.29, 1.82) is 0 Å². The summed E-state index contributed by atoms with van der Waals surface area (Å²) in [4.78, 5) is 26.0. The SMILES string of the molecule is CC1=CCC2C(=O)N(c3ccccc3)C(=O)C2C1O. The molecule has 0 bridgehead atoms. The molecule has 3 unspecified atom stereocenters. The lowest BCUT2D eigenvalue weighted by Crippen LogP contribution is -2.35. The minimum Gasteiger partial charge on any atom is -0.388 e. The molecular formula is C15H15NO3. The van der Waals surface area contributed by atoms with E-state index in [1.165, 1.54) is 4.90 Å². The van der Waals surface area contributed by atoms with Crippen LogP contribution in [0.5, 0.6) is 0 Å².